The maximum absolute atomic E-state index is 9.75. The maximum Gasteiger partial charge on any atom is 0.155 e. The van der Waals surface area contributed by atoms with Gasteiger partial charge in [-0.05, 0) is 48.5 Å². The molecule has 6 atom stereocenters. The Kier molecular flexibility index (Phi) is 5.55. The minimum Gasteiger partial charge on any atom is -0.368 e. The third-order valence-electron chi connectivity index (χ3n) is 5.77. The Morgan fingerprint density at radius 3 is 2.78 bits per heavy atom. The van der Waals surface area contributed by atoms with E-state index in [2.05, 4.69) is 56.3 Å². The number of ether oxygens (including phenoxy) is 1. The van der Waals surface area contributed by atoms with Gasteiger partial charge >= 0.3 is 0 Å². The van der Waals surface area contributed by atoms with Gasteiger partial charge in [0, 0.05) is 6.42 Å². The molecule has 6 unspecified atom stereocenters. The van der Waals surface area contributed by atoms with Crippen LogP contribution < -0.4 is 0 Å². The van der Waals surface area contributed by atoms with Gasteiger partial charge < -0.3 is 9.84 Å². The predicted octanol–water partition coefficient (Wildman–Crippen LogP) is 4.58. The lowest BCUT2D eigenvalue weighted by molar-refractivity contribution is -0.0925. The van der Waals surface area contributed by atoms with Gasteiger partial charge in [0.25, 0.3) is 0 Å². The third kappa shape index (κ3) is 4.05. The molecule has 0 spiro atoms. The molecule has 1 saturated heterocycles. The first kappa shape index (κ1) is 16.7. The minimum atomic E-state index is -0.533. The van der Waals surface area contributed by atoms with E-state index in [1.807, 2.05) is 0 Å². The lowest BCUT2D eigenvalue weighted by atomic mass is 9.85. The van der Waals surface area contributed by atoms with Crippen LogP contribution in [0.5, 0.6) is 0 Å². The van der Waals surface area contributed by atoms with E-state index < -0.39 is 6.29 Å². The molecule has 1 saturated carbocycles. The summed E-state index contributed by atoms with van der Waals surface area (Å²) in [6.45, 7) is 4.59. The Hall–Kier alpha value is -1.12. The molecule has 1 aliphatic heterocycles. The number of hydrogen-bond acceptors (Lipinski definition) is 2. The van der Waals surface area contributed by atoms with Gasteiger partial charge in [0.05, 0.1) is 6.10 Å². The van der Waals surface area contributed by atoms with E-state index in [0.29, 0.717) is 17.8 Å². The van der Waals surface area contributed by atoms with Crippen molar-refractivity contribution in [2.24, 2.45) is 23.7 Å². The summed E-state index contributed by atoms with van der Waals surface area (Å²) < 4.78 is 5.68. The normalized spacial score (nSPS) is 34.8. The Balaban J connectivity index is 1.55. The summed E-state index contributed by atoms with van der Waals surface area (Å²) in [5.41, 5.74) is 1.42. The second-order valence-electron chi connectivity index (χ2n) is 7.40. The van der Waals surface area contributed by atoms with Gasteiger partial charge in [-0.15, -0.1) is 0 Å². The minimum absolute atomic E-state index is 0.282. The molecule has 0 aromatic heterocycles. The lowest BCUT2D eigenvalue weighted by Gasteiger charge is -2.20. The summed E-state index contributed by atoms with van der Waals surface area (Å²) in [5.74, 6) is 2.42. The number of allylic oxidation sites excluding steroid dienone is 2. The van der Waals surface area contributed by atoms with Gasteiger partial charge in [-0.3, -0.25) is 0 Å². The highest BCUT2D eigenvalue weighted by molar-refractivity contribution is 5.15. The number of fused-ring (bicyclic) bond motifs is 1. The van der Waals surface area contributed by atoms with Gasteiger partial charge in [-0.2, -0.15) is 0 Å². The van der Waals surface area contributed by atoms with E-state index in [9.17, 15) is 5.11 Å². The SMILES string of the molecule is CCC1CC2OC(O)CC2C1C=CC(C)CCc1ccccc1. The fraction of sp³-hybridized carbons (Fsp3) is 0.619. The molecule has 0 amide bonds. The highest BCUT2D eigenvalue weighted by Gasteiger charge is 2.47. The van der Waals surface area contributed by atoms with Crippen LogP contribution in [0, 0.1) is 23.7 Å². The molecule has 3 rings (SSSR count). The van der Waals surface area contributed by atoms with Crippen molar-refractivity contribution in [2.75, 3.05) is 0 Å². The van der Waals surface area contributed by atoms with Crippen molar-refractivity contribution in [3.8, 4) is 0 Å². The highest BCUT2D eigenvalue weighted by atomic mass is 16.6. The summed E-state index contributed by atoms with van der Waals surface area (Å²) in [6.07, 6.45) is 10.1. The van der Waals surface area contributed by atoms with Crippen LogP contribution in [0.15, 0.2) is 42.5 Å². The van der Waals surface area contributed by atoms with E-state index in [4.69, 9.17) is 4.74 Å². The molecule has 2 nitrogen and oxygen atoms in total. The maximum atomic E-state index is 9.75. The first-order valence-electron chi connectivity index (χ1n) is 9.23. The molecule has 1 aromatic carbocycles. The quantitative estimate of drug-likeness (QED) is 0.779. The average molecular weight is 314 g/mol. The number of aliphatic hydroxyl groups excluding tert-OH is 1. The van der Waals surface area contributed by atoms with Gasteiger partial charge in [0.2, 0.25) is 0 Å². The van der Waals surface area contributed by atoms with Crippen LogP contribution in [0.4, 0.5) is 0 Å². The topological polar surface area (TPSA) is 29.5 Å². The Morgan fingerprint density at radius 1 is 1.26 bits per heavy atom. The first-order valence-corrected chi connectivity index (χ1v) is 9.23. The molecule has 1 N–H and O–H groups in total. The van der Waals surface area contributed by atoms with Crippen molar-refractivity contribution in [2.45, 2.75) is 58.3 Å². The zero-order valence-corrected chi connectivity index (χ0v) is 14.4. The van der Waals surface area contributed by atoms with Crippen molar-refractivity contribution in [3.05, 3.63) is 48.0 Å². The number of benzene rings is 1. The summed E-state index contributed by atoms with van der Waals surface area (Å²) in [4.78, 5) is 0. The fourth-order valence-electron chi connectivity index (χ4n) is 4.38. The van der Waals surface area contributed by atoms with Gasteiger partial charge in [-0.1, -0.05) is 62.8 Å². The van der Waals surface area contributed by atoms with Crippen molar-refractivity contribution < 1.29 is 9.84 Å². The summed E-state index contributed by atoms with van der Waals surface area (Å²) in [7, 11) is 0. The standard InChI is InChI=1S/C21H30O2/c1-3-17-13-20-19(14-21(22)23-20)18(17)12-10-15(2)9-11-16-7-5-4-6-8-16/h4-8,10,12,15,17-22H,3,9,11,13-14H2,1-2H3. The molecule has 2 fully saturated rings. The van der Waals surface area contributed by atoms with Gasteiger partial charge in [-0.25, -0.2) is 0 Å². The second kappa shape index (κ2) is 7.63. The lowest BCUT2D eigenvalue weighted by Crippen LogP contribution is -2.15. The number of aryl methyl sites for hydroxylation is 1. The summed E-state index contributed by atoms with van der Waals surface area (Å²) >= 11 is 0. The molecule has 0 bridgehead atoms. The fourth-order valence-corrected chi connectivity index (χ4v) is 4.38. The largest absolute Gasteiger partial charge is 0.368 e. The molecule has 1 aromatic rings. The Morgan fingerprint density at radius 2 is 2.04 bits per heavy atom. The summed E-state index contributed by atoms with van der Waals surface area (Å²) in [6, 6.07) is 10.7. The molecule has 1 aliphatic carbocycles. The highest BCUT2D eigenvalue weighted by Crippen LogP contribution is 2.47. The monoisotopic (exact) mass is 314 g/mol. The third-order valence-corrected chi connectivity index (χ3v) is 5.77. The molecule has 2 aliphatic rings. The molecular formula is C21H30O2. The Labute approximate surface area is 140 Å². The van der Waals surface area contributed by atoms with E-state index >= 15 is 0 Å². The van der Waals surface area contributed by atoms with E-state index in [1.54, 1.807) is 0 Å². The van der Waals surface area contributed by atoms with Crippen LogP contribution in [-0.2, 0) is 11.2 Å². The molecular weight excluding hydrogens is 284 g/mol. The summed E-state index contributed by atoms with van der Waals surface area (Å²) in [5, 5.41) is 9.75. The molecule has 126 valence electrons. The van der Waals surface area contributed by atoms with Crippen molar-refractivity contribution in [1.29, 1.82) is 0 Å². The van der Waals surface area contributed by atoms with E-state index in [0.717, 1.165) is 25.2 Å². The number of rotatable bonds is 6. The number of hydrogen-bond donors (Lipinski definition) is 1. The molecule has 0 radical (unpaired) electrons. The first-order chi connectivity index (χ1) is 11.2. The van der Waals surface area contributed by atoms with E-state index in [1.165, 1.54) is 18.4 Å². The van der Waals surface area contributed by atoms with Crippen molar-refractivity contribution >= 4 is 0 Å². The van der Waals surface area contributed by atoms with Crippen molar-refractivity contribution in [1.82, 2.24) is 0 Å². The molecule has 2 heteroatoms. The van der Waals surface area contributed by atoms with Gasteiger partial charge in [0.1, 0.15) is 0 Å². The molecule has 23 heavy (non-hydrogen) atoms. The van der Waals surface area contributed by atoms with Crippen LogP contribution in [0.25, 0.3) is 0 Å². The van der Waals surface area contributed by atoms with Crippen molar-refractivity contribution in [3.63, 3.8) is 0 Å². The van der Waals surface area contributed by atoms with Crippen LogP contribution in [0.2, 0.25) is 0 Å². The smallest absolute Gasteiger partial charge is 0.155 e. The number of aliphatic hydroxyl groups is 1. The van der Waals surface area contributed by atoms with Crippen LogP contribution in [-0.4, -0.2) is 17.5 Å². The average Bonchev–Trinajstić information content (AvgIpc) is 3.07. The van der Waals surface area contributed by atoms with E-state index in [-0.39, 0.29) is 6.10 Å². The molecule has 1 heterocycles. The zero-order chi connectivity index (χ0) is 16.2. The second-order valence-corrected chi connectivity index (χ2v) is 7.40. The van der Waals surface area contributed by atoms with Gasteiger partial charge in [0.15, 0.2) is 6.29 Å². The zero-order valence-electron chi connectivity index (χ0n) is 14.4. The van der Waals surface area contributed by atoms with Crippen LogP contribution in [0.3, 0.4) is 0 Å². The van der Waals surface area contributed by atoms with Crippen LogP contribution >= 0.6 is 0 Å². The van der Waals surface area contributed by atoms with Crippen LogP contribution in [0.1, 0.15) is 45.1 Å². The predicted molar refractivity (Wildman–Crippen MR) is 93.9 cm³/mol. The Bertz CT molecular complexity index is 510.